The molecule has 0 aliphatic heterocycles. The fourth-order valence-electron chi connectivity index (χ4n) is 4.51. The molecule has 0 unspecified atom stereocenters. The highest BCUT2D eigenvalue weighted by atomic mass is 16.5. The molecule has 0 radical (unpaired) electrons. The molecule has 1 saturated carbocycles. The highest BCUT2D eigenvalue weighted by molar-refractivity contribution is 5.79. The van der Waals surface area contributed by atoms with Crippen LogP contribution in [-0.2, 0) is 4.74 Å². The highest BCUT2D eigenvalue weighted by Gasteiger charge is 2.31. The highest BCUT2D eigenvalue weighted by Crippen LogP contribution is 2.44. The van der Waals surface area contributed by atoms with Crippen molar-refractivity contribution in [3.05, 3.63) is 72.3 Å². The lowest BCUT2D eigenvalue weighted by Gasteiger charge is -2.20. The lowest BCUT2D eigenvalue weighted by molar-refractivity contribution is 0.136. The Labute approximate surface area is 155 Å². The molecule has 134 valence electrons. The van der Waals surface area contributed by atoms with Gasteiger partial charge < -0.3 is 10.1 Å². The SMILES string of the molecule is C=CC[C@@H]1CCC[C@@H]1NC(=O)OCC1c2ccccc2-c2ccccc21. The van der Waals surface area contributed by atoms with Crippen LogP contribution in [0.3, 0.4) is 0 Å². The number of benzene rings is 2. The Balaban J connectivity index is 1.43. The molecule has 2 aromatic rings. The van der Waals surface area contributed by atoms with Crippen molar-refractivity contribution in [2.75, 3.05) is 6.61 Å². The van der Waals surface area contributed by atoms with E-state index in [0.29, 0.717) is 12.5 Å². The van der Waals surface area contributed by atoms with Crippen molar-refractivity contribution in [2.24, 2.45) is 5.92 Å². The summed E-state index contributed by atoms with van der Waals surface area (Å²) in [5.74, 6) is 0.605. The molecular formula is C23H25NO2. The quantitative estimate of drug-likeness (QED) is 0.748. The number of amides is 1. The van der Waals surface area contributed by atoms with Crippen molar-refractivity contribution in [3.63, 3.8) is 0 Å². The first-order chi connectivity index (χ1) is 12.8. The molecule has 0 bridgehead atoms. The van der Waals surface area contributed by atoms with E-state index < -0.39 is 0 Å². The van der Waals surface area contributed by atoms with Crippen LogP contribution in [0.15, 0.2) is 61.2 Å². The third-order valence-corrected chi connectivity index (χ3v) is 5.78. The van der Waals surface area contributed by atoms with Crippen LogP contribution in [-0.4, -0.2) is 18.7 Å². The van der Waals surface area contributed by atoms with E-state index in [-0.39, 0.29) is 18.1 Å². The van der Waals surface area contributed by atoms with Gasteiger partial charge in [-0.2, -0.15) is 0 Å². The van der Waals surface area contributed by atoms with Gasteiger partial charge in [0, 0.05) is 12.0 Å². The normalized spacial score (nSPS) is 21.1. The van der Waals surface area contributed by atoms with Gasteiger partial charge in [0.1, 0.15) is 6.61 Å². The number of carbonyl (C=O) groups is 1. The smallest absolute Gasteiger partial charge is 0.407 e. The number of carbonyl (C=O) groups excluding carboxylic acids is 1. The summed E-state index contributed by atoms with van der Waals surface area (Å²) < 4.78 is 5.65. The number of allylic oxidation sites excluding steroid dienone is 1. The molecular weight excluding hydrogens is 322 g/mol. The van der Waals surface area contributed by atoms with Gasteiger partial charge in [-0.25, -0.2) is 4.79 Å². The summed E-state index contributed by atoms with van der Waals surface area (Å²) >= 11 is 0. The molecule has 2 aliphatic carbocycles. The zero-order valence-electron chi connectivity index (χ0n) is 15.0. The fourth-order valence-corrected chi connectivity index (χ4v) is 4.51. The van der Waals surface area contributed by atoms with Gasteiger partial charge in [-0.3, -0.25) is 0 Å². The average Bonchev–Trinajstić information content (AvgIpc) is 3.23. The molecule has 2 atom stereocenters. The molecule has 3 heteroatoms. The fraction of sp³-hybridized carbons (Fsp3) is 0.348. The molecule has 26 heavy (non-hydrogen) atoms. The van der Waals surface area contributed by atoms with Crippen LogP contribution in [0.2, 0.25) is 0 Å². The van der Waals surface area contributed by atoms with Crippen molar-refractivity contribution < 1.29 is 9.53 Å². The Hall–Kier alpha value is -2.55. The molecule has 0 saturated heterocycles. The largest absolute Gasteiger partial charge is 0.449 e. The number of fused-ring (bicyclic) bond motifs is 3. The molecule has 2 aromatic carbocycles. The van der Waals surface area contributed by atoms with Crippen molar-refractivity contribution in [1.29, 1.82) is 0 Å². The van der Waals surface area contributed by atoms with Crippen LogP contribution in [0.1, 0.15) is 42.7 Å². The van der Waals surface area contributed by atoms with E-state index in [4.69, 9.17) is 4.74 Å². The maximum Gasteiger partial charge on any atom is 0.407 e. The summed E-state index contributed by atoms with van der Waals surface area (Å²) in [5, 5.41) is 3.08. The van der Waals surface area contributed by atoms with Crippen molar-refractivity contribution in [3.8, 4) is 11.1 Å². The maximum atomic E-state index is 12.4. The molecule has 0 spiro atoms. The number of ether oxygens (including phenoxy) is 1. The van der Waals surface area contributed by atoms with Gasteiger partial charge >= 0.3 is 6.09 Å². The Morgan fingerprint density at radius 3 is 2.38 bits per heavy atom. The summed E-state index contributed by atoms with van der Waals surface area (Å²) in [4.78, 5) is 12.4. The van der Waals surface area contributed by atoms with E-state index in [1.165, 1.54) is 22.3 Å². The molecule has 4 rings (SSSR count). The molecule has 0 aromatic heterocycles. The standard InChI is InChI=1S/C23H25NO2/c1-2-8-16-9-7-14-22(16)24-23(25)26-15-21-19-12-5-3-10-17(19)18-11-4-6-13-20(18)21/h2-6,10-13,16,21-22H,1,7-9,14-15H2,(H,24,25)/t16-,22+/m1/s1. The third kappa shape index (κ3) is 3.14. The predicted octanol–water partition coefficient (Wildman–Crippen LogP) is 5.27. The molecule has 1 fully saturated rings. The van der Waals surface area contributed by atoms with Gasteiger partial charge in [0.05, 0.1) is 0 Å². The van der Waals surface area contributed by atoms with Crippen molar-refractivity contribution in [2.45, 2.75) is 37.6 Å². The van der Waals surface area contributed by atoms with Gasteiger partial charge in [-0.1, -0.05) is 61.0 Å². The second kappa shape index (κ2) is 7.36. The van der Waals surface area contributed by atoms with Gasteiger partial charge in [0.2, 0.25) is 0 Å². The first-order valence-electron chi connectivity index (χ1n) is 9.50. The monoisotopic (exact) mass is 347 g/mol. The number of nitrogens with one attached hydrogen (secondary N) is 1. The molecule has 1 amide bonds. The topological polar surface area (TPSA) is 38.3 Å². The number of hydrogen-bond donors (Lipinski definition) is 1. The lowest BCUT2D eigenvalue weighted by atomic mass is 9.98. The van der Waals surface area contributed by atoms with Crippen molar-refractivity contribution in [1.82, 2.24) is 5.32 Å². The molecule has 1 N–H and O–H groups in total. The number of rotatable bonds is 5. The first-order valence-corrected chi connectivity index (χ1v) is 9.50. The average molecular weight is 347 g/mol. The minimum Gasteiger partial charge on any atom is -0.449 e. The summed E-state index contributed by atoms with van der Waals surface area (Å²) in [6.45, 7) is 4.20. The number of hydrogen-bond acceptors (Lipinski definition) is 2. The zero-order valence-corrected chi connectivity index (χ0v) is 15.0. The summed E-state index contributed by atoms with van der Waals surface area (Å²) in [6, 6.07) is 17.0. The summed E-state index contributed by atoms with van der Waals surface area (Å²) in [6.07, 6.45) is 5.94. The van der Waals surface area contributed by atoms with Crippen LogP contribution >= 0.6 is 0 Å². The van der Waals surface area contributed by atoms with Crippen LogP contribution in [0, 0.1) is 5.92 Å². The van der Waals surface area contributed by atoms with E-state index in [1.807, 2.05) is 6.08 Å². The zero-order chi connectivity index (χ0) is 17.9. The maximum absolute atomic E-state index is 12.4. The van der Waals surface area contributed by atoms with E-state index in [9.17, 15) is 4.79 Å². The molecule has 0 heterocycles. The van der Waals surface area contributed by atoms with Crippen molar-refractivity contribution >= 4 is 6.09 Å². The van der Waals surface area contributed by atoms with E-state index in [2.05, 4.69) is 60.4 Å². The Morgan fingerprint density at radius 2 is 1.73 bits per heavy atom. The second-order valence-corrected chi connectivity index (χ2v) is 7.29. The molecule has 3 nitrogen and oxygen atoms in total. The predicted molar refractivity (Wildman–Crippen MR) is 104 cm³/mol. The first kappa shape index (κ1) is 16.9. The minimum atomic E-state index is -0.298. The Bertz CT molecular complexity index is 768. The Kier molecular flexibility index (Phi) is 4.79. The van der Waals surface area contributed by atoms with E-state index >= 15 is 0 Å². The van der Waals surface area contributed by atoms with Gasteiger partial charge in [-0.15, -0.1) is 6.58 Å². The van der Waals surface area contributed by atoms with E-state index in [1.54, 1.807) is 0 Å². The second-order valence-electron chi connectivity index (χ2n) is 7.29. The minimum absolute atomic E-state index is 0.112. The van der Waals surface area contributed by atoms with Crippen LogP contribution in [0.5, 0.6) is 0 Å². The van der Waals surface area contributed by atoms with Gasteiger partial charge in [-0.05, 0) is 47.4 Å². The van der Waals surface area contributed by atoms with Crippen LogP contribution in [0.25, 0.3) is 11.1 Å². The van der Waals surface area contributed by atoms with Crippen LogP contribution < -0.4 is 5.32 Å². The Morgan fingerprint density at radius 1 is 1.08 bits per heavy atom. The van der Waals surface area contributed by atoms with Gasteiger partial charge in [0.25, 0.3) is 0 Å². The summed E-state index contributed by atoms with van der Waals surface area (Å²) in [5.41, 5.74) is 4.98. The lowest BCUT2D eigenvalue weighted by Crippen LogP contribution is -2.38. The summed E-state index contributed by atoms with van der Waals surface area (Å²) in [7, 11) is 0. The van der Waals surface area contributed by atoms with Crippen LogP contribution in [0.4, 0.5) is 4.79 Å². The van der Waals surface area contributed by atoms with Gasteiger partial charge in [0.15, 0.2) is 0 Å². The number of alkyl carbamates (subject to hydrolysis) is 1. The molecule has 2 aliphatic rings. The van der Waals surface area contributed by atoms with E-state index in [0.717, 1.165) is 25.7 Å². The third-order valence-electron chi connectivity index (χ3n) is 5.78.